The first-order valence-electron chi connectivity index (χ1n) is 7.60. The molecule has 1 aromatic heterocycles. The fourth-order valence-corrected chi connectivity index (χ4v) is 2.65. The normalized spacial score (nSPS) is 11.0. The molecule has 118 valence electrons. The summed E-state index contributed by atoms with van der Waals surface area (Å²) in [5.74, 6) is 0.132. The maximum atomic E-state index is 12.5. The molecule has 2 aromatic carbocycles. The van der Waals surface area contributed by atoms with E-state index in [1.807, 2.05) is 31.2 Å². The summed E-state index contributed by atoms with van der Waals surface area (Å²) in [5, 5.41) is 19.8. The van der Waals surface area contributed by atoms with E-state index in [0.29, 0.717) is 17.8 Å². The van der Waals surface area contributed by atoms with Crippen LogP contribution in [0, 0.1) is 0 Å². The van der Waals surface area contributed by atoms with Crippen LogP contribution in [0.4, 0.5) is 0 Å². The molecule has 23 heavy (non-hydrogen) atoms. The van der Waals surface area contributed by atoms with Crippen LogP contribution in [-0.4, -0.2) is 26.0 Å². The van der Waals surface area contributed by atoms with E-state index in [1.165, 1.54) is 6.07 Å². The van der Waals surface area contributed by atoms with E-state index in [-0.39, 0.29) is 29.3 Å². The number of rotatable bonds is 5. The average molecular weight is 310 g/mol. The lowest BCUT2D eigenvalue weighted by atomic mass is 10.0. The van der Waals surface area contributed by atoms with Gasteiger partial charge in [0.2, 0.25) is 0 Å². The minimum absolute atomic E-state index is 0.0182. The highest BCUT2D eigenvalue weighted by Crippen LogP contribution is 2.29. The van der Waals surface area contributed by atoms with E-state index in [4.69, 9.17) is 0 Å². The number of imidazole rings is 1. The zero-order valence-electron chi connectivity index (χ0n) is 12.8. The van der Waals surface area contributed by atoms with Gasteiger partial charge in [-0.15, -0.1) is 0 Å². The van der Waals surface area contributed by atoms with Crippen molar-refractivity contribution in [2.75, 3.05) is 0 Å². The predicted octanol–water partition coefficient (Wildman–Crippen LogP) is 3.35. The van der Waals surface area contributed by atoms with Gasteiger partial charge in [-0.1, -0.05) is 25.5 Å². The first-order valence-corrected chi connectivity index (χ1v) is 7.60. The number of H-pyrrole nitrogens is 1. The van der Waals surface area contributed by atoms with Gasteiger partial charge < -0.3 is 15.2 Å². The lowest BCUT2D eigenvalue weighted by Crippen LogP contribution is -2.06. The maximum Gasteiger partial charge on any atom is 0.174 e. The van der Waals surface area contributed by atoms with Crippen molar-refractivity contribution in [3.05, 3.63) is 53.3 Å². The van der Waals surface area contributed by atoms with E-state index in [1.54, 1.807) is 6.07 Å². The molecule has 0 bridgehead atoms. The summed E-state index contributed by atoms with van der Waals surface area (Å²) in [7, 11) is 0. The molecule has 0 spiro atoms. The number of para-hydroxylation sites is 2. The molecule has 0 aliphatic carbocycles. The third-order valence-corrected chi connectivity index (χ3v) is 3.78. The number of phenols is 2. The molecule has 3 aromatic rings. The molecular formula is C18H18N2O3. The topological polar surface area (TPSA) is 86.2 Å². The number of hydrogen-bond acceptors (Lipinski definition) is 4. The summed E-state index contributed by atoms with van der Waals surface area (Å²) in [4.78, 5) is 20.0. The minimum Gasteiger partial charge on any atom is -0.508 e. The Morgan fingerprint density at radius 1 is 1.17 bits per heavy atom. The van der Waals surface area contributed by atoms with Crippen LogP contribution < -0.4 is 0 Å². The fourth-order valence-electron chi connectivity index (χ4n) is 2.65. The highest BCUT2D eigenvalue weighted by molar-refractivity contribution is 6.00. The molecule has 0 unspecified atom stereocenters. The standard InChI is InChI=1S/C18H18N2O3/c1-2-5-11-8-12(16(22)9-15(11)21)17(23)10-18-19-13-6-3-4-7-14(13)20-18/h3-4,6-9,21-22H,2,5,10H2,1H3,(H,19,20). The van der Waals surface area contributed by atoms with Gasteiger partial charge in [-0.25, -0.2) is 4.98 Å². The third-order valence-electron chi connectivity index (χ3n) is 3.78. The van der Waals surface area contributed by atoms with Crippen molar-refractivity contribution in [2.24, 2.45) is 0 Å². The first-order chi connectivity index (χ1) is 11.1. The number of aromatic hydroxyl groups is 2. The molecule has 0 saturated heterocycles. The third kappa shape index (κ3) is 3.04. The molecule has 0 aliphatic rings. The van der Waals surface area contributed by atoms with E-state index in [0.717, 1.165) is 17.5 Å². The Balaban J connectivity index is 1.89. The van der Waals surface area contributed by atoms with Crippen molar-refractivity contribution in [1.82, 2.24) is 9.97 Å². The van der Waals surface area contributed by atoms with E-state index in [9.17, 15) is 15.0 Å². The Kier molecular flexibility index (Phi) is 4.02. The molecule has 0 aliphatic heterocycles. The monoisotopic (exact) mass is 310 g/mol. The smallest absolute Gasteiger partial charge is 0.174 e. The van der Waals surface area contributed by atoms with Gasteiger partial charge in [-0.05, 0) is 30.2 Å². The molecule has 1 heterocycles. The number of nitrogens with zero attached hydrogens (tertiary/aromatic N) is 1. The number of nitrogens with one attached hydrogen (secondary N) is 1. The number of Topliss-reactive ketones (excluding diaryl/α,β-unsaturated/α-hetero) is 1. The number of carbonyl (C=O) groups is 1. The molecule has 0 radical (unpaired) electrons. The van der Waals surface area contributed by atoms with Crippen LogP contribution in [0.15, 0.2) is 36.4 Å². The number of benzene rings is 2. The second-order valence-corrected chi connectivity index (χ2v) is 5.55. The van der Waals surface area contributed by atoms with Crippen molar-refractivity contribution >= 4 is 16.8 Å². The number of aromatic amines is 1. The highest BCUT2D eigenvalue weighted by atomic mass is 16.3. The number of carbonyl (C=O) groups excluding carboxylic acids is 1. The Morgan fingerprint density at radius 3 is 2.70 bits per heavy atom. The van der Waals surface area contributed by atoms with Crippen LogP contribution in [0.1, 0.15) is 35.1 Å². The fraction of sp³-hybridized carbons (Fsp3) is 0.222. The zero-order valence-corrected chi connectivity index (χ0v) is 12.8. The molecule has 5 heteroatoms. The highest BCUT2D eigenvalue weighted by Gasteiger charge is 2.17. The number of aryl methyl sites for hydroxylation is 1. The van der Waals surface area contributed by atoms with Crippen LogP contribution >= 0.6 is 0 Å². The first kappa shape index (κ1) is 15.1. The lowest BCUT2D eigenvalue weighted by Gasteiger charge is -2.08. The molecule has 0 fully saturated rings. The minimum atomic E-state index is -0.237. The number of fused-ring (bicyclic) bond motifs is 1. The van der Waals surface area contributed by atoms with Crippen LogP contribution in [0.25, 0.3) is 11.0 Å². The largest absolute Gasteiger partial charge is 0.508 e. The summed E-state index contributed by atoms with van der Waals surface area (Å²) in [6.45, 7) is 1.99. The second kappa shape index (κ2) is 6.12. The summed E-state index contributed by atoms with van der Waals surface area (Å²) < 4.78 is 0. The van der Waals surface area contributed by atoms with Crippen LogP contribution in [0.5, 0.6) is 11.5 Å². The van der Waals surface area contributed by atoms with Crippen molar-refractivity contribution in [1.29, 1.82) is 0 Å². The van der Waals surface area contributed by atoms with Gasteiger partial charge in [0.25, 0.3) is 0 Å². The Hall–Kier alpha value is -2.82. The van der Waals surface area contributed by atoms with Gasteiger partial charge in [0.05, 0.1) is 23.0 Å². The van der Waals surface area contributed by atoms with Gasteiger partial charge in [0, 0.05) is 6.07 Å². The van der Waals surface area contributed by atoms with E-state index in [2.05, 4.69) is 9.97 Å². The second-order valence-electron chi connectivity index (χ2n) is 5.55. The van der Waals surface area contributed by atoms with Crippen molar-refractivity contribution < 1.29 is 15.0 Å². The molecule has 0 saturated carbocycles. The Labute approximate surface area is 133 Å². The van der Waals surface area contributed by atoms with Crippen molar-refractivity contribution in [3.8, 4) is 11.5 Å². The number of aromatic nitrogens is 2. The summed E-state index contributed by atoms with van der Waals surface area (Å²) in [6.07, 6.45) is 1.56. The molecule has 3 N–H and O–H groups in total. The van der Waals surface area contributed by atoms with E-state index >= 15 is 0 Å². The van der Waals surface area contributed by atoms with Crippen molar-refractivity contribution in [2.45, 2.75) is 26.2 Å². The summed E-state index contributed by atoms with van der Waals surface area (Å²) >= 11 is 0. The Morgan fingerprint density at radius 2 is 1.96 bits per heavy atom. The van der Waals surface area contributed by atoms with Crippen LogP contribution in [-0.2, 0) is 12.8 Å². The van der Waals surface area contributed by atoms with Gasteiger partial charge in [-0.2, -0.15) is 0 Å². The van der Waals surface area contributed by atoms with Crippen LogP contribution in [0.3, 0.4) is 0 Å². The summed E-state index contributed by atoms with van der Waals surface area (Å²) in [5.41, 5.74) is 2.55. The molecule has 0 amide bonds. The quantitative estimate of drug-likeness (QED) is 0.631. The van der Waals surface area contributed by atoms with Gasteiger partial charge in [0.15, 0.2) is 5.78 Å². The average Bonchev–Trinajstić information content (AvgIpc) is 2.92. The molecular weight excluding hydrogens is 292 g/mol. The van der Waals surface area contributed by atoms with E-state index < -0.39 is 0 Å². The Bertz CT molecular complexity index is 835. The molecule has 3 rings (SSSR count). The van der Waals surface area contributed by atoms with Gasteiger partial charge in [0.1, 0.15) is 17.3 Å². The lowest BCUT2D eigenvalue weighted by molar-refractivity contribution is 0.0988. The molecule has 5 nitrogen and oxygen atoms in total. The number of ketones is 1. The maximum absolute atomic E-state index is 12.5. The number of hydrogen-bond donors (Lipinski definition) is 3. The van der Waals surface area contributed by atoms with Crippen LogP contribution in [0.2, 0.25) is 0 Å². The zero-order chi connectivity index (χ0) is 16.4. The van der Waals surface area contributed by atoms with Gasteiger partial charge >= 0.3 is 0 Å². The SMILES string of the molecule is CCCc1cc(C(=O)Cc2nc3ccccc3[nH]2)c(O)cc1O. The predicted molar refractivity (Wildman–Crippen MR) is 87.9 cm³/mol. The molecule has 0 atom stereocenters. The van der Waals surface area contributed by atoms with Gasteiger partial charge in [-0.3, -0.25) is 4.79 Å². The number of phenolic OH excluding ortho intramolecular Hbond substituents is 2. The summed E-state index contributed by atoms with van der Waals surface area (Å²) in [6, 6.07) is 10.4. The van der Waals surface area contributed by atoms with Crippen molar-refractivity contribution in [3.63, 3.8) is 0 Å².